The maximum atomic E-state index is 6.44. The lowest BCUT2D eigenvalue weighted by atomic mass is 10.2. The fourth-order valence-corrected chi connectivity index (χ4v) is 3.19. The highest BCUT2D eigenvalue weighted by Gasteiger charge is 2.14. The SMILES string of the molecule is CCOc1cc(CNc2nnnn2C)c(Cl)cc1OCc1c(Cl)cccc1Cl. The molecule has 3 aromatic rings. The number of tetrazole rings is 1. The van der Waals surface area contributed by atoms with Crippen molar-refractivity contribution in [2.24, 2.45) is 7.05 Å². The Morgan fingerprint density at radius 2 is 1.75 bits per heavy atom. The number of halogens is 3. The molecular formula is C18H18Cl3N5O2. The molecule has 0 amide bonds. The molecule has 148 valence electrons. The first-order valence-electron chi connectivity index (χ1n) is 8.46. The van der Waals surface area contributed by atoms with Crippen LogP contribution in [0.25, 0.3) is 0 Å². The van der Waals surface area contributed by atoms with Crippen LogP contribution in [0.5, 0.6) is 11.5 Å². The number of hydrogen-bond acceptors (Lipinski definition) is 6. The van der Waals surface area contributed by atoms with E-state index in [0.717, 1.165) is 5.56 Å². The van der Waals surface area contributed by atoms with E-state index in [9.17, 15) is 0 Å². The van der Waals surface area contributed by atoms with Gasteiger partial charge in [-0.2, -0.15) is 0 Å². The van der Waals surface area contributed by atoms with Gasteiger partial charge >= 0.3 is 0 Å². The average molecular weight is 443 g/mol. The maximum absolute atomic E-state index is 6.44. The second-order valence-electron chi connectivity index (χ2n) is 5.79. The van der Waals surface area contributed by atoms with Gasteiger partial charge in [-0.05, 0) is 41.1 Å². The summed E-state index contributed by atoms with van der Waals surface area (Å²) in [6.07, 6.45) is 0. The van der Waals surface area contributed by atoms with Crippen LogP contribution in [0.4, 0.5) is 5.95 Å². The van der Waals surface area contributed by atoms with Crippen LogP contribution in [-0.4, -0.2) is 26.8 Å². The van der Waals surface area contributed by atoms with Crippen molar-refractivity contribution in [2.75, 3.05) is 11.9 Å². The van der Waals surface area contributed by atoms with E-state index in [1.165, 1.54) is 4.68 Å². The molecule has 10 heteroatoms. The van der Waals surface area contributed by atoms with Crippen LogP contribution in [0.3, 0.4) is 0 Å². The number of hydrogen-bond donors (Lipinski definition) is 1. The molecule has 0 saturated heterocycles. The summed E-state index contributed by atoms with van der Waals surface area (Å²) in [4.78, 5) is 0. The van der Waals surface area contributed by atoms with E-state index < -0.39 is 0 Å². The Balaban J connectivity index is 1.79. The topological polar surface area (TPSA) is 74.1 Å². The first kappa shape index (κ1) is 20.5. The first-order valence-corrected chi connectivity index (χ1v) is 9.60. The molecule has 0 fully saturated rings. The molecule has 7 nitrogen and oxygen atoms in total. The van der Waals surface area contributed by atoms with Crippen molar-refractivity contribution in [3.63, 3.8) is 0 Å². The average Bonchev–Trinajstić information content (AvgIpc) is 3.07. The van der Waals surface area contributed by atoms with Crippen LogP contribution >= 0.6 is 34.8 Å². The number of benzene rings is 2. The van der Waals surface area contributed by atoms with Gasteiger partial charge in [0.1, 0.15) is 6.61 Å². The summed E-state index contributed by atoms with van der Waals surface area (Å²) >= 11 is 18.9. The zero-order valence-corrected chi connectivity index (χ0v) is 17.5. The van der Waals surface area contributed by atoms with Crippen LogP contribution in [0.2, 0.25) is 15.1 Å². The van der Waals surface area contributed by atoms with Crippen molar-refractivity contribution >= 4 is 40.8 Å². The molecule has 0 radical (unpaired) electrons. The smallest absolute Gasteiger partial charge is 0.242 e. The van der Waals surface area contributed by atoms with Crippen molar-refractivity contribution in [1.29, 1.82) is 0 Å². The highest BCUT2D eigenvalue weighted by Crippen LogP contribution is 2.35. The fourth-order valence-electron chi connectivity index (χ4n) is 2.47. The monoisotopic (exact) mass is 441 g/mol. The Hall–Kier alpha value is -2.22. The molecule has 3 rings (SSSR count). The molecule has 28 heavy (non-hydrogen) atoms. The van der Waals surface area contributed by atoms with Gasteiger partial charge in [0.15, 0.2) is 11.5 Å². The number of ether oxygens (including phenoxy) is 2. The second kappa shape index (κ2) is 9.32. The molecule has 1 aromatic heterocycles. The lowest BCUT2D eigenvalue weighted by molar-refractivity contribution is 0.269. The number of anilines is 1. The van der Waals surface area contributed by atoms with Crippen molar-refractivity contribution in [2.45, 2.75) is 20.1 Å². The zero-order valence-electron chi connectivity index (χ0n) is 15.2. The van der Waals surface area contributed by atoms with Gasteiger partial charge < -0.3 is 14.8 Å². The maximum Gasteiger partial charge on any atom is 0.242 e. The predicted octanol–water partition coefficient (Wildman–Crippen LogP) is 4.76. The summed E-state index contributed by atoms with van der Waals surface area (Å²) in [6.45, 7) is 2.98. The van der Waals surface area contributed by atoms with Gasteiger partial charge in [0.2, 0.25) is 5.95 Å². The Morgan fingerprint density at radius 1 is 1.04 bits per heavy atom. The lowest BCUT2D eigenvalue weighted by Gasteiger charge is -2.16. The predicted molar refractivity (Wildman–Crippen MR) is 110 cm³/mol. The van der Waals surface area contributed by atoms with Gasteiger partial charge in [-0.15, -0.1) is 0 Å². The highest BCUT2D eigenvalue weighted by molar-refractivity contribution is 6.36. The van der Waals surface area contributed by atoms with E-state index in [2.05, 4.69) is 20.8 Å². The Morgan fingerprint density at radius 3 is 2.39 bits per heavy atom. The van der Waals surface area contributed by atoms with E-state index in [1.54, 1.807) is 31.3 Å². The number of nitrogens with one attached hydrogen (secondary N) is 1. The normalized spacial score (nSPS) is 10.8. The Bertz CT molecular complexity index is 944. The lowest BCUT2D eigenvalue weighted by Crippen LogP contribution is -2.07. The van der Waals surface area contributed by atoms with E-state index in [1.807, 2.05) is 13.0 Å². The number of nitrogens with zero attached hydrogens (tertiary/aromatic N) is 4. The molecule has 0 unspecified atom stereocenters. The molecule has 0 aliphatic heterocycles. The van der Waals surface area contributed by atoms with Crippen LogP contribution in [0, 0.1) is 0 Å². The van der Waals surface area contributed by atoms with Crippen molar-refractivity contribution in [3.8, 4) is 11.5 Å². The summed E-state index contributed by atoms with van der Waals surface area (Å²) in [5.41, 5.74) is 1.51. The number of rotatable bonds is 8. The minimum Gasteiger partial charge on any atom is -0.490 e. The molecule has 0 aliphatic carbocycles. The van der Waals surface area contributed by atoms with Gasteiger partial charge in [0.25, 0.3) is 0 Å². The summed E-state index contributed by atoms with van der Waals surface area (Å²) in [5.74, 6) is 1.61. The third-order valence-corrected chi connectivity index (χ3v) is 4.96. The van der Waals surface area contributed by atoms with Gasteiger partial charge in [-0.1, -0.05) is 46.0 Å². The van der Waals surface area contributed by atoms with Crippen molar-refractivity contribution in [1.82, 2.24) is 20.2 Å². The Labute approximate surface area is 177 Å². The summed E-state index contributed by atoms with van der Waals surface area (Å²) in [5, 5.41) is 16.0. The van der Waals surface area contributed by atoms with Crippen LogP contribution < -0.4 is 14.8 Å². The van der Waals surface area contributed by atoms with Crippen molar-refractivity contribution < 1.29 is 9.47 Å². The van der Waals surface area contributed by atoms with E-state index in [0.29, 0.717) is 51.2 Å². The molecule has 1 N–H and O–H groups in total. The summed E-state index contributed by atoms with van der Waals surface area (Å²) in [6, 6.07) is 8.85. The van der Waals surface area contributed by atoms with Crippen LogP contribution in [0.15, 0.2) is 30.3 Å². The molecule has 0 saturated carbocycles. The minimum atomic E-state index is 0.192. The molecule has 0 aliphatic rings. The largest absolute Gasteiger partial charge is 0.490 e. The third kappa shape index (κ3) is 4.79. The van der Waals surface area contributed by atoms with Gasteiger partial charge in [-0.25, -0.2) is 4.68 Å². The zero-order chi connectivity index (χ0) is 20.1. The highest BCUT2D eigenvalue weighted by atomic mass is 35.5. The number of aryl methyl sites for hydroxylation is 1. The van der Waals surface area contributed by atoms with Gasteiger partial charge in [-0.3, -0.25) is 0 Å². The molecule has 0 bridgehead atoms. The van der Waals surface area contributed by atoms with Gasteiger partial charge in [0, 0.05) is 40.3 Å². The van der Waals surface area contributed by atoms with Crippen LogP contribution in [-0.2, 0) is 20.2 Å². The summed E-state index contributed by atoms with van der Waals surface area (Å²) in [7, 11) is 1.74. The van der Waals surface area contributed by atoms with E-state index in [4.69, 9.17) is 44.3 Å². The standard InChI is InChI=1S/C18H18Cl3N5O2/c1-3-27-16-7-11(9-22-18-23-24-25-26(18)2)15(21)8-17(16)28-10-12-13(19)5-4-6-14(12)20/h4-8H,3,9-10H2,1-2H3,(H,22,23,25). The summed E-state index contributed by atoms with van der Waals surface area (Å²) < 4.78 is 13.2. The quantitative estimate of drug-likeness (QED) is 0.542. The third-order valence-electron chi connectivity index (χ3n) is 3.90. The molecule has 0 atom stereocenters. The Kier molecular flexibility index (Phi) is 6.83. The van der Waals surface area contributed by atoms with Crippen molar-refractivity contribution in [3.05, 3.63) is 56.5 Å². The fraction of sp³-hybridized carbons (Fsp3) is 0.278. The number of aromatic nitrogens is 4. The first-order chi connectivity index (χ1) is 13.5. The minimum absolute atomic E-state index is 0.192. The van der Waals surface area contributed by atoms with E-state index in [-0.39, 0.29) is 6.61 Å². The second-order valence-corrected chi connectivity index (χ2v) is 7.01. The van der Waals surface area contributed by atoms with Gasteiger partial charge in [0.05, 0.1) is 6.61 Å². The van der Waals surface area contributed by atoms with E-state index >= 15 is 0 Å². The van der Waals surface area contributed by atoms with Crippen LogP contribution in [0.1, 0.15) is 18.1 Å². The molecule has 0 spiro atoms. The molecular weight excluding hydrogens is 425 g/mol. The molecule has 2 aromatic carbocycles. The molecule has 1 heterocycles.